The maximum atomic E-state index is 13.1. The van der Waals surface area contributed by atoms with E-state index in [1.54, 1.807) is 12.2 Å². The predicted octanol–water partition coefficient (Wildman–Crippen LogP) is 10.3. The van der Waals surface area contributed by atoms with Gasteiger partial charge in [0.15, 0.2) is 0 Å². The molecule has 2 amide bonds. The van der Waals surface area contributed by atoms with Crippen molar-refractivity contribution in [2.24, 2.45) is 10.8 Å². The summed E-state index contributed by atoms with van der Waals surface area (Å²) < 4.78 is 0. The van der Waals surface area contributed by atoms with Gasteiger partial charge in [0, 0.05) is 35.9 Å². The van der Waals surface area contributed by atoms with Crippen molar-refractivity contribution in [1.82, 2.24) is 4.90 Å². The summed E-state index contributed by atoms with van der Waals surface area (Å²) in [4.78, 5) is 29.9. The van der Waals surface area contributed by atoms with Gasteiger partial charge in [-0.3, -0.25) is 9.59 Å². The second-order valence-electron chi connectivity index (χ2n) is 16.6. The van der Waals surface area contributed by atoms with Crippen LogP contribution in [0.15, 0.2) is 126 Å². The van der Waals surface area contributed by atoms with Crippen LogP contribution in [0.2, 0.25) is 0 Å². The van der Waals surface area contributed by atoms with E-state index in [4.69, 9.17) is 0 Å². The molecule has 6 nitrogen and oxygen atoms in total. The Labute approximate surface area is 326 Å². The molecule has 5 rings (SSSR count). The predicted molar refractivity (Wildman–Crippen MR) is 225 cm³/mol. The van der Waals surface area contributed by atoms with E-state index < -0.39 is 17.6 Å². The topological polar surface area (TPSA) is 81.1 Å². The Morgan fingerprint density at radius 1 is 0.759 bits per heavy atom. The molecule has 54 heavy (non-hydrogen) atoms. The van der Waals surface area contributed by atoms with Gasteiger partial charge in [0.25, 0.3) is 0 Å². The molecule has 2 N–H and O–H groups in total. The van der Waals surface area contributed by atoms with Crippen LogP contribution in [0.25, 0.3) is 0 Å². The molecule has 4 aliphatic rings. The normalized spacial score (nSPS) is 28.2. The summed E-state index contributed by atoms with van der Waals surface area (Å²) in [5.74, 6) is 0.286. The fourth-order valence-electron chi connectivity index (χ4n) is 8.57. The van der Waals surface area contributed by atoms with Crippen LogP contribution < -0.4 is 4.90 Å². The maximum absolute atomic E-state index is 13.1. The van der Waals surface area contributed by atoms with E-state index in [2.05, 4.69) is 85.9 Å². The average molecular weight is 735 g/mol. The fraction of sp³-hybridized carbons (Fsp3) is 0.500. The van der Waals surface area contributed by atoms with Gasteiger partial charge in [-0.15, -0.1) is 0 Å². The highest BCUT2D eigenvalue weighted by molar-refractivity contribution is 5.98. The smallest absolute Gasteiger partial charge is 0.228 e. The van der Waals surface area contributed by atoms with Crippen LogP contribution in [0.3, 0.4) is 0 Å². The number of aliphatic hydroxyl groups is 2. The van der Waals surface area contributed by atoms with Crippen molar-refractivity contribution in [3.63, 3.8) is 0 Å². The summed E-state index contributed by atoms with van der Waals surface area (Å²) in [5, 5.41) is 20.6. The molecule has 2 spiro atoms. The van der Waals surface area contributed by atoms with Gasteiger partial charge in [0.05, 0.1) is 24.3 Å². The second-order valence-corrected chi connectivity index (χ2v) is 16.6. The lowest BCUT2D eigenvalue weighted by Crippen LogP contribution is -2.43. The molecule has 0 radical (unpaired) electrons. The number of hydrogen-bond acceptors (Lipinski definition) is 4. The molecule has 292 valence electrons. The van der Waals surface area contributed by atoms with E-state index in [-0.39, 0.29) is 29.3 Å². The lowest BCUT2D eigenvalue weighted by Gasteiger charge is -2.40. The minimum Gasteiger partial charge on any atom is -0.389 e. The van der Waals surface area contributed by atoms with E-state index in [1.807, 2.05) is 52.3 Å². The van der Waals surface area contributed by atoms with Gasteiger partial charge in [-0.05, 0) is 110 Å². The first-order valence-electron chi connectivity index (χ1n) is 20.0. The van der Waals surface area contributed by atoms with Crippen molar-refractivity contribution in [3.05, 3.63) is 126 Å². The lowest BCUT2D eigenvalue weighted by atomic mass is 9.67. The largest absolute Gasteiger partial charge is 0.389 e. The summed E-state index contributed by atoms with van der Waals surface area (Å²) >= 11 is 0. The first kappa shape index (κ1) is 42.7. The van der Waals surface area contributed by atoms with Crippen molar-refractivity contribution in [2.45, 2.75) is 137 Å². The third-order valence-electron chi connectivity index (χ3n) is 11.6. The number of amides is 2. The number of benzene rings is 1. The Hall–Kier alpha value is -4.00. The summed E-state index contributed by atoms with van der Waals surface area (Å²) in [5.41, 5.74) is 7.21. The quantitative estimate of drug-likeness (QED) is 0.210. The highest BCUT2D eigenvalue weighted by Crippen LogP contribution is 2.52. The van der Waals surface area contributed by atoms with Crippen LogP contribution in [0.4, 0.5) is 5.69 Å². The van der Waals surface area contributed by atoms with E-state index in [9.17, 15) is 19.8 Å². The van der Waals surface area contributed by atoms with E-state index >= 15 is 0 Å². The van der Waals surface area contributed by atoms with Gasteiger partial charge in [-0.2, -0.15) is 0 Å². The van der Waals surface area contributed by atoms with Crippen LogP contribution >= 0.6 is 0 Å². The minimum absolute atomic E-state index is 0.000327. The molecule has 2 fully saturated rings. The van der Waals surface area contributed by atoms with Gasteiger partial charge in [0.2, 0.25) is 11.8 Å². The summed E-state index contributed by atoms with van der Waals surface area (Å²) in [6, 6.07) is 9.70. The monoisotopic (exact) mass is 735 g/mol. The number of allylic oxidation sites excluding steroid dienone is 8. The van der Waals surface area contributed by atoms with Crippen LogP contribution in [0.1, 0.15) is 113 Å². The summed E-state index contributed by atoms with van der Waals surface area (Å²) in [6.07, 6.45) is 23.4. The van der Waals surface area contributed by atoms with Crippen LogP contribution in [-0.2, 0) is 9.59 Å². The molecule has 0 aromatic heterocycles. The Bertz CT molecular complexity index is 1700. The lowest BCUT2D eigenvalue weighted by molar-refractivity contribution is -0.128. The molecule has 2 aliphatic carbocycles. The van der Waals surface area contributed by atoms with Gasteiger partial charge in [-0.25, -0.2) is 0 Å². The van der Waals surface area contributed by atoms with Crippen molar-refractivity contribution in [1.29, 1.82) is 0 Å². The first-order chi connectivity index (χ1) is 25.6. The fourth-order valence-corrected chi connectivity index (χ4v) is 8.57. The zero-order valence-electron chi connectivity index (χ0n) is 34.1. The molecule has 0 saturated carbocycles. The zero-order valence-corrected chi connectivity index (χ0v) is 34.1. The number of nitrogens with zero attached hydrogens (tertiary/aromatic N) is 2. The van der Waals surface area contributed by atoms with E-state index in [0.717, 1.165) is 61.9 Å². The Kier molecular flexibility index (Phi) is 15.1. The molecule has 2 unspecified atom stereocenters. The maximum Gasteiger partial charge on any atom is 0.228 e. The molecule has 6 heteroatoms. The number of anilines is 1. The molecular formula is C48H66N2O4. The standard InChI is InChI=1S/C25H31NO2.C23H35NO2/c1-18(2)9-8-10-19(3)15-23-25(16-22(27)14-13-20(25)4)17-24(28)26(23)21-11-6-5-7-12-21;1-6-7-13-24-21(14-18(4)10-8-9-17(2)3)23(16-22(24)26)15-20(25)12-11-19(23)5/h5-7,9,11-15,22-23,27H,4,8,10,16-17H2,1-3H3;9,11-12,14,20-21,25H,5-8,10,13,15-16H2,1-4H3/b19-15+;18-14+/t22-,23-,25?;20-,21-,23?/m11/s1. The Morgan fingerprint density at radius 2 is 1.24 bits per heavy atom. The molecule has 1 aromatic carbocycles. The highest BCUT2D eigenvalue weighted by atomic mass is 16.3. The van der Waals surface area contributed by atoms with E-state index in [1.165, 1.54) is 22.3 Å². The zero-order chi connectivity index (χ0) is 39.6. The third-order valence-corrected chi connectivity index (χ3v) is 11.6. The second kappa shape index (κ2) is 19.0. The highest BCUT2D eigenvalue weighted by Gasteiger charge is 2.54. The molecule has 0 bridgehead atoms. The summed E-state index contributed by atoms with van der Waals surface area (Å²) in [7, 11) is 0. The number of unbranched alkanes of at least 4 members (excludes halogenated alkanes) is 1. The van der Waals surface area contributed by atoms with Crippen LogP contribution in [0, 0.1) is 10.8 Å². The number of para-hydroxylation sites is 1. The van der Waals surface area contributed by atoms with Crippen molar-refractivity contribution < 1.29 is 19.8 Å². The Balaban J connectivity index is 0.000000241. The van der Waals surface area contributed by atoms with Crippen molar-refractivity contribution >= 4 is 17.5 Å². The number of hydrogen-bond donors (Lipinski definition) is 2. The van der Waals surface area contributed by atoms with Crippen LogP contribution in [-0.4, -0.2) is 57.8 Å². The molecule has 6 atom stereocenters. The number of likely N-dealkylation sites (tertiary alicyclic amines) is 1. The number of rotatable bonds is 12. The number of carbonyl (C=O) groups excluding carboxylic acids is 2. The molecule has 1 aromatic rings. The molecule has 2 aliphatic heterocycles. The van der Waals surface area contributed by atoms with Gasteiger partial charge < -0.3 is 20.0 Å². The third kappa shape index (κ3) is 10.2. The van der Waals surface area contributed by atoms with E-state index in [0.29, 0.717) is 25.7 Å². The van der Waals surface area contributed by atoms with Crippen LogP contribution in [0.5, 0.6) is 0 Å². The number of aliphatic hydroxyl groups excluding tert-OH is 2. The van der Waals surface area contributed by atoms with Gasteiger partial charge in [0.1, 0.15) is 0 Å². The molecule has 2 heterocycles. The van der Waals surface area contributed by atoms with Crippen molar-refractivity contribution in [2.75, 3.05) is 11.4 Å². The van der Waals surface area contributed by atoms with Gasteiger partial charge >= 0.3 is 0 Å². The number of carbonyl (C=O) groups is 2. The SMILES string of the molecule is C=C1C=C[C@@H](O)CC12CC(=O)N(CCCC)[C@@H]2/C=C(\C)CCC=C(C)C.C=C1C=C[C@@H](O)CC12CC(=O)N(c1ccccc1)[C@@H]2/C=C(\C)CCC=C(C)C. The summed E-state index contributed by atoms with van der Waals surface area (Å²) in [6.45, 7) is 24.2. The first-order valence-corrected chi connectivity index (χ1v) is 20.0. The Morgan fingerprint density at radius 3 is 1.74 bits per heavy atom. The molecule has 2 saturated heterocycles. The van der Waals surface area contributed by atoms with Crippen molar-refractivity contribution in [3.8, 4) is 0 Å². The minimum atomic E-state index is -0.545. The molecular weight excluding hydrogens is 669 g/mol. The average Bonchev–Trinajstić information content (AvgIpc) is 3.52. The van der Waals surface area contributed by atoms with Gasteiger partial charge in [-0.1, -0.05) is 116 Å².